The number of esters is 2. The summed E-state index contributed by atoms with van der Waals surface area (Å²) in [7, 11) is 2.64. The maximum Gasteiger partial charge on any atom is 0.334 e. The average molecular weight is 234 g/mol. The van der Waals surface area contributed by atoms with E-state index in [1.54, 1.807) is 0 Å². The van der Waals surface area contributed by atoms with E-state index in [1.165, 1.54) is 14.2 Å². The van der Waals surface area contributed by atoms with Crippen LogP contribution in [0.15, 0.2) is 35.5 Å². The van der Waals surface area contributed by atoms with Crippen LogP contribution in [0.2, 0.25) is 0 Å². The zero-order valence-corrected chi connectivity index (χ0v) is 9.80. The molecular weight excluding hydrogens is 220 g/mol. The fourth-order valence-electron chi connectivity index (χ4n) is 2.40. The Bertz CT molecular complexity index is 402. The third-order valence-electron chi connectivity index (χ3n) is 3.15. The third kappa shape index (κ3) is 1.90. The fourth-order valence-corrected chi connectivity index (χ4v) is 2.40. The molecule has 17 heavy (non-hydrogen) atoms. The molecule has 0 aromatic heterocycles. The summed E-state index contributed by atoms with van der Waals surface area (Å²) >= 11 is 0. The van der Waals surface area contributed by atoms with Gasteiger partial charge in [-0.15, -0.1) is 0 Å². The van der Waals surface area contributed by atoms with Gasteiger partial charge in [-0.2, -0.15) is 0 Å². The Morgan fingerprint density at radius 1 is 1.00 bits per heavy atom. The molecule has 90 valence electrons. The van der Waals surface area contributed by atoms with Gasteiger partial charge in [0, 0.05) is 11.8 Å². The zero-order chi connectivity index (χ0) is 12.4. The summed E-state index contributed by atoms with van der Waals surface area (Å²) in [6, 6.07) is 0. The normalized spacial score (nSPS) is 25.8. The zero-order valence-electron chi connectivity index (χ0n) is 9.80. The van der Waals surface area contributed by atoms with Crippen LogP contribution in [0.5, 0.6) is 0 Å². The van der Waals surface area contributed by atoms with Gasteiger partial charge in [0.1, 0.15) is 0 Å². The second-order valence-corrected chi connectivity index (χ2v) is 4.03. The Labute approximate surface area is 99.6 Å². The first-order chi connectivity index (χ1) is 8.19. The lowest BCUT2D eigenvalue weighted by atomic mass is 10.00. The lowest BCUT2D eigenvalue weighted by Gasteiger charge is -2.10. The van der Waals surface area contributed by atoms with E-state index in [0.29, 0.717) is 11.1 Å². The molecule has 0 amide bonds. The molecule has 0 saturated heterocycles. The van der Waals surface area contributed by atoms with Gasteiger partial charge >= 0.3 is 11.9 Å². The number of methoxy groups -OCH3 is 2. The van der Waals surface area contributed by atoms with Crippen molar-refractivity contribution in [3.8, 4) is 0 Å². The highest BCUT2D eigenvalue weighted by Crippen LogP contribution is 2.41. The van der Waals surface area contributed by atoms with Crippen LogP contribution in [0.1, 0.15) is 6.42 Å². The van der Waals surface area contributed by atoms with E-state index in [4.69, 9.17) is 9.47 Å². The summed E-state index contributed by atoms with van der Waals surface area (Å²) in [5.41, 5.74) is 0.870. The Hall–Kier alpha value is -1.84. The van der Waals surface area contributed by atoms with Crippen molar-refractivity contribution in [2.45, 2.75) is 6.42 Å². The van der Waals surface area contributed by atoms with Crippen LogP contribution in [0.4, 0.5) is 0 Å². The lowest BCUT2D eigenvalue weighted by Crippen LogP contribution is -2.16. The minimum Gasteiger partial charge on any atom is -0.466 e. The van der Waals surface area contributed by atoms with E-state index in [2.05, 4.69) is 0 Å². The number of hydrogen-bond acceptors (Lipinski definition) is 4. The van der Waals surface area contributed by atoms with E-state index < -0.39 is 11.9 Å². The molecule has 0 fully saturated rings. The van der Waals surface area contributed by atoms with Gasteiger partial charge in [0.25, 0.3) is 0 Å². The van der Waals surface area contributed by atoms with Crippen LogP contribution >= 0.6 is 0 Å². The molecule has 0 N–H and O–H groups in total. The molecule has 4 nitrogen and oxygen atoms in total. The molecule has 0 radical (unpaired) electrons. The predicted molar refractivity (Wildman–Crippen MR) is 60.9 cm³/mol. The predicted octanol–water partition coefficient (Wildman–Crippen LogP) is 1.39. The smallest absolute Gasteiger partial charge is 0.334 e. The molecule has 0 aromatic rings. The van der Waals surface area contributed by atoms with Gasteiger partial charge in [0.05, 0.1) is 25.4 Å². The van der Waals surface area contributed by atoms with Gasteiger partial charge in [-0.05, 0) is 6.42 Å². The van der Waals surface area contributed by atoms with Gasteiger partial charge in [0.2, 0.25) is 0 Å². The molecule has 2 aliphatic rings. The van der Waals surface area contributed by atoms with Crippen LogP contribution < -0.4 is 0 Å². The van der Waals surface area contributed by atoms with Gasteiger partial charge in [0.15, 0.2) is 0 Å². The molecule has 2 aliphatic carbocycles. The molecular formula is C13H14O4. The number of hydrogen-bond donors (Lipinski definition) is 0. The van der Waals surface area contributed by atoms with Crippen LogP contribution in [0, 0.1) is 11.8 Å². The SMILES string of the molecule is COC(=O)C1=C(C(=O)OC)C2C=CC=CC1C2. The summed E-state index contributed by atoms with van der Waals surface area (Å²) in [4.78, 5) is 23.5. The molecule has 2 unspecified atom stereocenters. The maximum absolute atomic E-state index is 11.8. The first kappa shape index (κ1) is 11.6. The van der Waals surface area contributed by atoms with Crippen LogP contribution in [-0.2, 0) is 19.1 Å². The minimum atomic E-state index is -0.446. The molecule has 2 rings (SSSR count). The highest BCUT2D eigenvalue weighted by Gasteiger charge is 2.39. The van der Waals surface area contributed by atoms with Crippen molar-refractivity contribution in [2.24, 2.45) is 11.8 Å². The number of ether oxygens (including phenoxy) is 2. The summed E-state index contributed by atoms with van der Waals surface area (Å²) < 4.78 is 9.49. The second-order valence-electron chi connectivity index (χ2n) is 4.03. The van der Waals surface area contributed by atoms with Crippen LogP contribution in [0.3, 0.4) is 0 Å². The summed E-state index contributed by atoms with van der Waals surface area (Å²) in [6.45, 7) is 0. The van der Waals surface area contributed by atoms with Crippen molar-refractivity contribution in [3.63, 3.8) is 0 Å². The molecule has 0 saturated carbocycles. The van der Waals surface area contributed by atoms with E-state index in [9.17, 15) is 9.59 Å². The molecule has 2 atom stereocenters. The summed E-state index contributed by atoms with van der Waals surface area (Å²) in [6.07, 6.45) is 8.34. The molecule has 0 heterocycles. The number of fused-ring (bicyclic) bond motifs is 2. The molecule has 2 bridgehead atoms. The number of allylic oxidation sites excluding steroid dienone is 4. The Kier molecular flexibility index (Phi) is 3.13. The second kappa shape index (κ2) is 4.57. The van der Waals surface area contributed by atoms with Gasteiger partial charge < -0.3 is 9.47 Å². The number of rotatable bonds is 2. The maximum atomic E-state index is 11.8. The van der Waals surface area contributed by atoms with Crippen molar-refractivity contribution in [1.82, 2.24) is 0 Å². The van der Waals surface area contributed by atoms with Crippen molar-refractivity contribution in [3.05, 3.63) is 35.5 Å². The fraction of sp³-hybridized carbons (Fsp3) is 0.385. The quantitative estimate of drug-likeness (QED) is 0.677. The van der Waals surface area contributed by atoms with Crippen LogP contribution in [0.25, 0.3) is 0 Å². The Balaban J connectivity index is 2.50. The highest BCUT2D eigenvalue weighted by molar-refractivity contribution is 6.02. The largest absolute Gasteiger partial charge is 0.466 e. The highest BCUT2D eigenvalue weighted by atomic mass is 16.5. The standard InChI is InChI=1S/C13H14O4/c1-16-12(14)10-8-5-3-4-6-9(7-8)11(10)13(15)17-2/h3-6,8-9H,7H2,1-2H3. The summed E-state index contributed by atoms with van der Waals surface area (Å²) in [5, 5.41) is 0. The van der Waals surface area contributed by atoms with Gasteiger partial charge in [-0.3, -0.25) is 0 Å². The van der Waals surface area contributed by atoms with Crippen molar-refractivity contribution in [2.75, 3.05) is 14.2 Å². The van der Waals surface area contributed by atoms with E-state index in [-0.39, 0.29) is 11.8 Å². The molecule has 4 heteroatoms. The molecule has 0 aliphatic heterocycles. The Morgan fingerprint density at radius 2 is 1.41 bits per heavy atom. The van der Waals surface area contributed by atoms with Gasteiger partial charge in [-0.25, -0.2) is 9.59 Å². The minimum absolute atomic E-state index is 0.0588. The van der Waals surface area contributed by atoms with Gasteiger partial charge in [-0.1, -0.05) is 24.3 Å². The molecule has 0 spiro atoms. The first-order valence-corrected chi connectivity index (χ1v) is 5.44. The number of carbonyl (C=O) groups is 2. The molecule has 0 aromatic carbocycles. The van der Waals surface area contributed by atoms with E-state index in [1.807, 2.05) is 24.3 Å². The number of carbonyl (C=O) groups excluding carboxylic acids is 2. The Morgan fingerprint density at radius 3 is 1.76 bits per heavy atom. The van der Waals surface area contributed by atoms with Crippen LogP contribution in [-0.4, -0.2) is 26.2 Å². The third-order valence-corrected chi connectivity index (χ3v) is 3.15. The summed E-state index contributed by atoms with van der Waals surface area (Å²) in [5.74, 6) is -1.01. The lowest BCUT2D eigenvalue weighted by molar-refractivity contribution is -0.139. The van der Waals surface area contributed by atoms with E-state index in [0.717, 1.165) is 6.42 Å². The van der Waals surface area contributed by atoms with Crippen molar-refractivity contribution < 1.29 is 19.1 Å². The first-order valence-electron chi connectivity index (χ1n) is 5.44. The topological polar surface area (TPSA) is 52.6 Å². The monoisotopic (exact) mass is 234 g/mol. The van der Waals surface area contributed by atoms with Crippen molar-refractivity contribution >= 4 is 11.9 Å². The average Bonchev–Trinajstić information content (AvgIpc) is 2.52. The van der Waals surface area contributed by atoms with E-state index >= 15 is 0 Å². The van der Waals surface area contributed by atoms with Crippen molar-refractivity contribution in [1.29, 1.82) is 0 Å².